The number of benzene rings is 2. The first kappa shape index (κ1) is 17.0. The van der Waals surface area contributed by atoms with Gasteiger partial charge in [0.2, 0.25) is 0 Å². The number of nitrogens with one attached hydrogen (secondary N) is 2. The molecule has 0 atom stereocenters. The maximum atomic E-state index is 12.2. The highest BCUT2D eigenvalue weighted by atomic mass is 35.5. The second-order valence-corrected chi connectivity index (χ2v) is 6.69. The van der Waals surface area contributed by atoms with Gasteiger partial charge in [0.25, 0.3) is 11.8 Å². The van der Waals surface area contributed by atoms with E-state index in [-0.39, 0.29) is 17.4 Å². The van der Waals surface area contributed by atoms with Gasteiger partial charge in [-0.05, 0) is 57.2 Å². The van der Waals surface area contributed by atoms with Crippen molar-refractivity contribution in [2.75, 3.05) is 5.32 Å². The first-order valence-corrected chi connectivity index (χ1v) is 7.62. The molecule has 5 heteroatoms. The predicted molar refractivity (Wildman–Crippen MR) is 93.1 cm³/mol. The van der Waals surface area contributed by atoms with Gasteiger partial charge in [0, 0.05) is 27.4 Å². The van der Waals surface area contributed by atoms with E-state index in [9.17, 15) is 9.59 Å². The van der Waals surface area contributed by atoms with E-state index in [1.54, 1.807) is 48.5 Å². The first-order valence-electron chi connectivity index (χ1n) is 7.24. The first-order chi connectivity index (χ1) is 10.7. The van der Waals surface area contributed by atoms with E-state index in [4.69, 9.17) is 11.6 Å². The molecular weight excluding hydrogens is 312 g/mol. The molecule has 0 aliphatic carbocycles. The largest absolute Gasteiger partial charge is 0.347 e. The molecule has 120 valence electrons. The minimum absolute atomic E-state index is 0.184. The fourth-order valence-electron chi connectivity index (χ4n) is 1.98. The van der Waals surface area contributed by atoms with Crippen molar-refractivity contribution in [3.8, 4) is 0 Å². The lowest BCUT2D eigenvalue weighted by Crippen LogP contribution is -2.40. The van der Waals surface area contributed by atoms with Crippen LogP contribution in [0.3, 0.4) is 0 Å². The zero-order valence-corrected chi connectivity index (χ0v) is 14.1. The quantitative estimate of drug-likeness (QED) is 0.889. The van der Waals surface area contributed by atoms with Crippen LogP contribution in [0.2, 0.25) is 5.02 Å². The van der Waals surface area contributed by atoms with E-state index >= 15 is 0 Å². The summed E-state index contributed by atoms with van der Waals surface area (Å²) in [7, 11) is 0. The van der Waals surface area contributed by atoms with Crippen LogP contribution in [0.4, 0.5) is 5.69 Å². The van der Waals surface area contributed by atoms with Crippen molar-refractivity contribution >= 4 is 29.1 Å². The van der Waals surface area contributed by atoms with Gasteiger partial charge in [0.1, 0.15) is 0 Å². The Bertz CT molecular complexity index is 736. The second-order valence-electron chi connectivity index (χ2n) is 6.25. The van der Waals surface area contributed by atoms with E-state index in [0.717, 1.165) is 0 Å². The van der Waals surface area contributed by atoms with E-state index in [1.165, 1.54) is 0 Å². The molecule has 2 aromatic carbocycles. The Hall–Kier alpha value is -2.33. The molecule has 2 N–H and O–H groups in total. The van der Waals surface area contributed by atoms with E-state index < -0.39 is 0 Å². The summed E-state index contributed by atoms with van der Waals surface area (Å²) in [5.74, 6) is -0.461. The summed E-state index contributed by atoms with van der Waals surface area (Å²) in [5.41, 5.74) is 1.18. The average molecular weight is 331 g/mol. The third kappa shape index (κ3) is 5.11. The van der Waals surface area contributed by atoms with Gasteiger partial charge in [-0.25, -0.2) is 0 Å². The van der Waals surface area contributed by atoms with Crippen LogP contribution in [0.15, 0.2) is 48.5 Å². The number of anilines is 1. The molecule has 0 saturated carbocycles. The van der Waals surface area contributed by atoms with E-state index in [0.29, 0.717) is 21.8 Å². The normalized spacial score (nSPS) is 11.0. The molecule has 0 unspecified atom stereocenters. The van der Waals surface area contributed by atoms with Crippen molar-refractivity contribution in [2.24, 2.45) is 0 Å². The molecule has 2 aromatic rings. The maximum Gasteiger partial charge on any atom is 0.255 e. The van der Waals surface area contributed by atoms with Crippen molar-refractivity contribution < 1.29 is 9.59 Å². The molecule has 0 aliphatic heterocycles. The summed E-state index contributed by atoms with van der Waals surface area (Å²) >= 11 is 5.89. The Balaban J connectivity index is 2.14. The number of carbonyl (C=O) groups excluding carboxylic acids is 2. The zero-order valence-electron chi connectivity index (χ0n) is 13.3. The lowest BCUT2D eigenvalue weighted by molar-refractivity contribution is 0.0918. The number of carbonyl (C=O) groups is 2. The minimum atomic E-state index is -0.322. The molecule has 0 aromatic heterocycles. The SMILES string of the molecule is CC(C)(C)NC(=O)c1cccc(NC(=O)c2cccc(Cl)c2)c1. The molecule has 0 radical (unpaired) electrons. The molecule has 2 rings (SSSR count). The molecule has 0 saturated heterocycles. The molecule has 0 bridgehead atoms. The Morgan fingerprint density at radius 3 is 2.13 bits per heavy atom. The topological polar surface area (TPSA) is 58.2 Å². The molecule has 4 nitrogen and oxygen atoms in total. The average Bonchev–Trinajstić information content (AvgIpc) is 2.45. The van der Waals surface area contributed by atoms with Crippen LogP contribution >= 0.6 is 11.6 Å². The second kappa shape index (κ2) is 6.84. The molecule has 2 amide bonds. The monoisotopic (exact) mass is 330 g/mol. The minimum Gasteiger partial charge on any atom is -0.347 e. The lowest BCUT2D eigenvalue weighted by Gasteiger charge is -2.20. The van der Waals surface area contributed by atoms with E-state index in [2.05, 4.69) is 10.6 Å². The zero-order chi connectivity index (χ0) is 17.0. The van der Waals surface area contributed by atoms with Gasteiger partial charge in [-0.1, -0.05) is 23.7 Å². The highest BCUT2D eigenvalue weighted by Crippen LogP contribution is 2.15. The van der Waals surface area contributed by atoms with Crippen molar-refractivity contribution in [1.29, 1.82) is 0 Å². The van der Waals surface area contributed by atoms with Crippen LogP contribution < -0.4 is 10.6 Å². The Kier molecular flexibility index (Phi) is 5.06. The van der Waals surface area contributed by atoms with Gasteiger partial charge in [-0.2, -0.15) is 0 Å². The third-order valence-corrected chi connectivity index (χ3v) is 3.19. The fraction of sp³-hybridized carbons (Fsp3) is 0.222. The van der Waals surface area contributed by atoms with E-state index in [1.807, 2.05) is 20.8 Å². The standard InChI is InChI=1S/C18H19ClN2O2/c1-18(2,3)21-17(23)13-7-5-9-15(11-13)20-16(22)12-6-4-8-14(19)10-12/h4-11H,1-3H3,(H,20,22)(H,21,23). The van der Waals surface area contributed by atoms with Gasteiger partial charge < -0.3 is 10.6 Å². The highest BCUT2D eigenvalue weighted by molar-refractivity contribution is 6.31. The Morgan fingerprint density at radius 2 is 1.52 bits per heavy atom. The van der Waals surface area contributed by atoms with Gasteiger partial charge in [-0.15, -0.1) is 0 Å². The number of rotatable bonds is 3. The predicted octanol–water partition coefficient (Wildman–Crippen LogP) is 4.12. The van der Waals surface area contributed by atoms with Crippen molar-refractivity contribution in [2.45, 2.75) is 26.3 Å². The number of hydrogen-bond donors (Lipinski definition) is 2. The van der Waals surface area contributed by atoms with Crippen LogP contribution in [-0.2, 0) is 0 Å². The van der Waals surface area contributed by atoms with Gasteiger partial charge >= 0.3 is 0 Å². The smallest absolute Gasteiger partial charge is 0.255 e. The molecule has 0 heterocycles. The highest BCUT2D eigenvalue weighted by Gasteiger charge is 2.15. The maximum absolute atomic E-state index is 12.2. The summed E-state index contributed by atoms with van der Waals surface area (Å²) in [6.07, 6.45) is 0. The fourth-order valence-corrected chi connectivity index (χ4v) is 2.17. The van der Waals surface area contributed by atoms with Gasteiger partial charge in [-0.3, -0.25) is 9.59 Å². The van der Waals surface area contributed by atoms with Crippen molar-refractivity contribution in [1.82, 2.24) is 5.32 Å². The molecule has 0 aliphatic rings. The Morgan fingerprint density at radius 1 is 0.913 bits per heavy atom. The van der Waals surface area contributed by atoms with Gasteiger partial charge in [0.05, 0.1) is 0 Å². The molecule has 0 fully saturated rings. The summed E-state index contributed by atoms with van der Waals surface area (Å²) in [5, 5.41) is 6.15. The number of amides is 2. The molecule has 0 spiro atoms. The summed E-state index contributed by atoms with van der Waals surface area (Å²) < 4.78 is 0. The van der Waals surface area contributed by atoms with Crippen LogP contribution in [0, 0.1) is 0 Å². The van der Waals surface area contributed by atoms with Gasteiger partial charge in [0.15, 0.2) is 0 Å². The van der Waals surface area contributed by atoms with Crippen molar-refractivity contribution in [3.05, 3.63) is 64.7 Å². The van der Waals surface area contributed by atoms with Crippen LogP contribution in [0.25, 0.3) is 0 Å². The van der Waals surface area contributed by atoms with Crippen LogP contribution in [-0.4, -0.2) is 17.4 Å². The van der Waals surface area contributed by atoms with Crippen molar-refractivity contribution in [3.63, 3.8) is 0 Å². The number of halogens is 1. The summed E-state index contributed by atoms with van der Waals surface area (Å²) in [6, 6.07) is 13.5. The lowest BCUT2D eigenvalue weighted by atomic mass is 10.1. The van der Waals surface area contributed by atoms with Crippen LogP contribution in [0.5, 0.6) is 0 Å². The Labute approximate surface area is 140 Å². The summed E-state index contributed by atoms with van der Waals surface area (Å²) in [4.78, 5) is 24.4. The number of hydrogen-bond acceptors (Lipinski definition) is 2. The molecule has 23 heavy (non-hydrogen) atoms. The third-order valence-electron chi connectivity index (χ3n) is 2.96. The van der Waals surface area contributed by atoms with Crippen LogP contribution in [0.1, 0.15) is 41.5 Å². The summed E-state index contributed by atoms with van der Waals surface area (Å²) in [6.45, 7) is 5.74. The molecular formula is C18H19ClN2O2.